The quantitative estimate of drug-likeness (QED) is 0.695. The van der Waals surface area contributed by atoms with Gasteiger partial charge in [-0.2, -0.15) is 0 Å². The van der Waals surface area contributed by atoms with Crippen LogP contribution < -0.4 is 10.3 Å². The maximum atomic E-state index is 13.1. The normalized spacial score (nSPS) is 14.1. The lowest BCUT2D eigenvalue weighted by Gasteiger charge is -2.15. The average molecular weight is 383 g/mol. The van der Waals surface area contributed by atoms with Gasteiger partial charge in [-0.15, -0.1) is 11.3 Å². The number of fused-ring (bicyclic) bond motifs is 1. The summed E-state index contributed by atoms with van der Waals surface area (Å²) in [5.41, 5.74) is 2.56. The van der Waals surface area contributed by atoms with Gasteiger partial charge >= 0.3 is 0 Å². The fraction of sp³-hybridized carbons (Fsp3) is 0.350. The lowest BCUT2D eigenvalue weighted by molar-refractivity contribution is -0.130. The molecule has 0 bridgehead atoms. The molecule has 140 valence electrons. The molecule has 0 unspecified atom stereocenters. The number of amides is 1. The molecule has 3 heterocycles. The fourth-order valence-corrected chi connectivity index (χ4v) is 4.42. The molecule has 0 N–H and O–H groups in total. The van der Waals surface area contributed by atoms with Crippen molar-refractivity contribution >= 4 is 27.5 Å². The van der Waals surface area contributed by atoms with Crippen LogP contribution in [0.2, 0.25) is 0 Å². The number of rotatable bonds is 4. The van der Waals surface area contributed by atoms with Crippen molar-refractivity contribution in [2.75, 3.05) is 20.2 Å². The summed E-state index contributed by atoms with van der Waals surface area (Å²) in [6.45, 7) is 3.58. The highest BCUT2D eigenvalue weighted by atomic mass is 32.1. The topological polar surface area (TPSA) is 64.4 Å². The van der Waals surface area contributed by atoms with Crippen LogP contribution in [0.3, 0.4) is 0 Å². The number of aromatic nitrogens is 2. The maximum Gasteiger partial charge on any atom is 0.263 e. The third-order valence-electron chi connectivity index (χ3n) is 4.97. The van der Waals surface area contributed by atoms with Crippen LogP contribution >= 0.6 is 11.3 Å². The van der Waals surface area contributed by atoms with E-state index in [2.05, 4.69) is 4.98 Å². The molecule has 1 fully saturated rings. The van der Waals surface area contributed by atoms with Gasteiger partial charge < -0.3 is 9.64 Å². The van der Waals surface area contributed by atoms with Gasteiger partial charge in [-0.25, -0.2) is 4.98 Å². The highest BCUT2D eigenvalue weighted by Crippen LogP contribution is 2.37. The largest absolute Gasteiger partial charge is 0.496 e. The maximum absolute atomic E-state index is 13.1. The van der Waals surface area contributed by atoms with Crippen LogP contribution in [0.4, 0.5) is 0 Å². The Kier molecular flexibility index (Phi) is 4.70. The Labute approximate surface area is 161 Å². The first kappa shape index (κ1) is 17.7. The summed E-state index contributed by atoms with van der Waals surface area (Å²) in [6.07, 6.45) is 3.53. The zero-order valence-electron chi connectivity index (χ0n) is 15.4. The molecule has 1 aliphatic rings. The van der Waals surface area contributed by atoms with Crippen LogP contribution in [0.5, 0.6) is 5.75 Å². The summed E-state index contributed by atoms with van der Waals surface area (Å²) in [6, 6.07) is 5.88. The first-order valence-corrected chi connectivity index (χ1v) is 9.86. The van der Waals surface area contributed by atoms with E-state index in [1.165, 1.54) is 22.2 Å². The molecule has 1 aliphatic heterocycles. The lowest BCUT2D eigenvalue weighted by atomic mass is 10.0. The Bertz CT molecular complexity index is 1060. The summed E-state index contributed by atoms with van der Waals surface area (Å²) >= 11 is 1.43. The van der Waals surface area contributed by atoms with Crippen molar-refractivity contribution in [1.82, 2.24) is 14.5 Å². The first-order valence-electron chi connectivity index (χ1n) is 8.98. The minimum absolute atomic E-state index is 0.0272. The van der Waals surface area contributed by atoms with Gasteiger partial charge in [-0.05, 0) is 31.9 Å². The predicted octanol–water partition coefficient (Wildman–Crippen LogP) is 3.06. The van der Waals surface area contributed by atoms with Crippen LogP contribution in [-0.4, -0.2) is 40.6 Å². The molecule has 6 nitrogen and oxygen atoms in total. The molecular formula is C20H21N3O3S. The molecular weight excluding hydrogens is 362 g/mol. The van der Waals surface area contributed by atoms with E-state index >= 15 is 0 Å². The van der Waals surface area contributed by atoms with Crippen LogP contribution in [0.25, 0.3) is 21.3 Å². The minimum Gasteiger partial charge on any atom is -0.496 e. The van der Waals surface area contributed by atoms with Crippen molar-refractivity contribution in [1.29, 1.82) is 0 Å². The number of nitrogens with zero attached hydrogens (tertiary/aromatic N) is 3. The Morgan fingerprint density at radius 2 is 2.04 bits per heavy atom. The van der Waals surface area contributed by atoms with Gasteiger partial charge in [0.1, 0.15) is 17.1 Å². The third-order valence-corrected chi connectivity index (χ3v) is 5.86. The number of thiophene rings is 1. The van der Waals surface area contributed by atoms with Crippen molar-refractivity contribution < 1.29 is 9.53 Å². The van der Waals surface area contributed by atoms with Crippen LogP contribution in [-0.2, 0) is 11.3 Å². The second kappa shape index (κ2) is 7.15. The molecule has 7 heteroatoms. The highest BCUT2D eigenvalue weighted by molar-refractivity contribution is 7.17. The zero-order chi connectivity index (χ0) is 19.0. The van der Waals surface area contributed by atoms with Gasteiger partial charge in [0.25, 0.3) is 5.56 Å². The molecule has 0 spiro atoms. The Hall–Kier alpha value is -2.67. The van der Waals surface area contributed by atoms with Crippen LogP contribution in [0.1, 0.15) is 18.4 Å². The number of ether oxygens (including phenoxy) is 1. The number of carbonyl (C=O) groups excluding carboxylic acids is 1. The van der Waals surface area contributed by atoms with Crippen molar-refractivity contribution in [2.24, 2.45) is 0 Å². The fourth-order valence-electron chi connectivity index (χ4n) is 3.52. The average Bonchev–Trinajstić information content (AvgIpc) is 3.34. The number of hydrogen-bond donors (Lipinski definition) is 0. The highest BCUT2D eigenvalue weighted by Gasteiger charge is 2.21. The van der Waals surface area contributed by atoms with E-state index in [1.54, 1.807) is 7.11 Å². The molecule has 1 amide bonds. The standard InChI is InChI=1S/C20H21N3O3S/c1-13-5-6-16(26-2)14(9-13)15-11-27-19-18(15)20(25)23(12-21-19)10-17(24)22-7-3-4-8-22/h5-6,9,11-12H,3-4,7-8,10H2,1-2H3. The number of likely N-dealkylation sites (tertiary alicyclic amines) is 1. The van der Waals surface area contributed by atoms with E-state index in [9.17, 15) is 9.59 Å². The van der Waals surface area contributed by atoms with Crippen molar-refractivity contribution in [3.8, 4) is 16.9 Å². The van der Waals surface area contributed by atoms with Gasteiger partial charge in [0.15, 0.2) is 0 Å². The van der Waals surface area contributed by atoms with E-state index in [-0.39, 0.29) is 18.0 Å². The van der Waals surface area contributed by atoms with E-state index in [1.807, 2.05) is 35.4 Å². The van der Waals surface area contributed by atoms with E-state index in [0.29, 0.717) is 16.0 Å². The zero-order valence-corrected chi connectivity index (χ0v) is 16.2. The number of carbonyl (C=O) groups is 1. The number of hydrogen-bond acceptors (Lipinski definition) is 5. The van der Waals surface area contributed by atoms with Gasteiger partial charge in [0.05, 0.1) is 18.8 Å². The number of benzene rings is 1. The smallest absolute Gasteiger partial charge is 0.263 e. The lowest BCUT2D eigenvalue weighted by Crippen LogP contribution is -2.34. The second-order valence-electron chi connectivity index (χ2n) is 6.80. The van der Waals surface area contributed by atoms with Crippen molar-refractivity contribution in [3.63, 3.8) is 0 Å². The Morgan fingerprint density at radius 3 is 2.78 bits per heavy atom. The SMILES string of the molecule is COc1ccc(C)cc1-c1csc2ncn(CC(=O)N3CCCC3)c(=O)c12. The predicted molar refractivity (Wildman–Crippen MR) is 106 cm³/mol. The molecule has 2 aromatic heterocycles. The van der Waals surface area contributed by atoms with Gasteiger partial charge in [0, 0.05) is 29.6 Å². The summed E-state index contributed by atoms with van der Waals surface area (Å²) < 4.78 is 6.91. The van der Waals surface area contributed by atoms with Gasteiger partial charge in [-0.3, -0.25) is 14.2 Å². The third kappa shape index (κ3) is 3.23. The van der Waals surface area contributed by atoms with Crippen LogP contribution in [0.15, 0.2) is 34.7 Å². The number of methoxy groups -OCH3 is 1. The van der Waals surface area contributed by atoms with Crippen LogP contribution in [0, 0.1) is 6.92 Å². The molecule has 1 saturated heterocycles. The molecule has 0 saturated carbocycles. The van der Waals surface area contributed by atoms with Gasteiger partial charge in [0.2, 0.25) is 5.91 Å². The molecule has 4 rings (SSSR count). The molecule has 1 aromatic carbocycles. The summed E-state index contributed by atoms with van der Waals surface area (Å²) in [5, 5.41) is 2.48. The molecule has 3 aromatic rings. The molecule has 0 atom stereocenters. The first-order chi connectivity index (χ1) is 13.1. The van der Waals surface area contributed by atoms with E-state index < -0.39 is 0 Å². The van der Waals surface area contributed by atoms with E-state index in [0.717, 1.165) is 42.6 Å². The number of aryl methyl sites for hydroxylation is 1. The van der Waals surface area contributed by atoms with E-state index in [4.69, 9.17) is 4.74 Å². The summed E-state index contributed by atoms with van der Waals surface area (Å²) in [5.74, 6) is 0.684. The van der Waals surface area contributed by atoms with Crippen molar-refractivity contribution in [3.05, 3.63) is 45.8 Å². The minimum atomic E-state index is -0.188. The molecule has 0 aliphatic carbocycles. The Balaban J connectivity index is 1.79. The summed E-state index contributed by atoms with van der Waals surface area (Å²) in [4.78, 5) is 32.5. The molecule has 0 radical (unpaired) electrons. The monoisotopic (exact) mass is 383 g/mol. The molecule has 27 heavy (non-hydrogen) atoms. The second-order valence-corrected chi connectivity index (χ2v) is 7.66. The van der Waals surface area contributed by atoms with Crippen molar-refractivity contribution in [2.45, 2.75) is 26.3 Å². The Morgan fingerprint density at radius 1 is 1.26 bits per heavy atom. The summed E-state index contributed by atoms with van der Waals surface area (Å²) in [7, 11) is 1.62. The van der Waals surface area contributed by atoms with Gasteiger partial charge in [-0.1, -0.05) is 11.6 Å².